The molecule has 1 N–H and O–H groups in total. The van der Waals surface area contributed by atoms with Gasteiger partial charge in [0.05, 0.1) is 12.0 Å². The number of nitrogens with zero attached hydrogens (tertiary/aromatic N) is 1. The number of ether oxygens (including phenoxy) is 2. The molecule has 0 saturated carbocycles. The molecule has 29 heavy (non-hydrogen) atoms. The standard InChI is InChI=1S/C21H24N2O6/c1-5-13(2)16-8-6-7-9-18(16)22-20(24)14(3)29-21(25)17-12-15(23(26)27)10-11-19(17)28-4/h6-14H,5H2,1-4H3,(H,22,24)/t13-,14+/m1/s1. The Morgan fingerprint density at radius 1 is 1.17 bits per heavy atom. The van der Waals surface area contributed by atoms with Crippen molar-refractivity contribution in [3.05, 3.63) is 63.7 Å². The van der Waals surface area contributed by atoms with Gasteiger partial charge < -0.3 is 14.8 Å². The zero-order valence-corrected chi connectivity index (χ0v) is 16.8. The van der Waals surface area contributed by atoms with Gasteiger partial charge in [-0.15, -0.1) is 0 Å². The van der Waals surface area contributed by atoms with Gasteiger partial charge in [0.15, 0.2) is 6.10 Å². The van der Waals surface area contributed by atoms with E-state index in [1.54, 1.807) is 6.07 Å². The number of benzene rings is 2. The molecule has 0 saturated heterocycles. The predicted octanol–water partition coefficient (Wildman–Crippen LogP) is 4.30. The smallest absolute Gasteiger partial charge is 0.342 e. The molecular formula is C21H24N2O6. The Bertz CT molecular complexity index is 912. The molecule has 0 radical (unpaired) electrons. The number of para-hydroxylation sites is 1. The fourth-order valence-electron chi connectivity index (χ4n) is 2.74. The minimum Gasteiger partial charge on any atom is -0.496 e. The maximum Gasteiger partial charge on any atom is 0.342 e. The van der Waals surface area contributed by atoms with E-state index in [0.29, 0.717) is 5.69 Å². The third-order valence-corrected chi connectivity index (χ3v) is 4.63. The highest BCUT2D eigenvalue weighted by atomic mass is 16.6. The number of carbonyl (C=O) groups is 2. The topological polar surface area (TPSA) is 108 Å². The lowest BCUT2D eigenvalue weighted by Crippen LogP contribution is -2.30. The van der Waals surface area contributed by atoms with Crippen molar-refractivity contribution in [1.29, 1.82) is 0 Å². The number of methoxy groups -OCH3 is 1. The summed E-state index contributed by atoms with van der Waals surface area (Å²) in [5, 5.41) is 13.8. The maximum atomic E-state index is 12.5. The molecule has 0 bridgehead atoms. The van der Waals surface area contributed by atoms with Crippen LogP contribution in [-0.4, -0.2) is 30.0 Å². The summed E-state index contributed by atoms with van der Waals surface area (Å²) in [6, 6.07) is 11.0. The number of nitrogens with one attached hydrogen (secondary N) is 1. The molecule has 0 aliphatic carbocycles. The van der Waals surface area contributed by atoms with Crippen LogP contribution in [0.5, 0.6) is 5.75 Å². The molecule has 8 heteroatoms. The van der Waals surface area contributed by atoms with Crippen LogP contribution < -0.4 is 10.1 Å². The second-order valence-electron chi connectivity index (χ2n) is 6.58. The molecule has 2 rings (SSSR count). The molecule has 2 atom stereocenters. The Labute approximate surface area is 169 Å². The van der Waals surface area contributed by atoms with Crippen molar-refractivity contribution >= 4 is 23.3 Å². The zero-order valence-electron chi connectivity index (χ0n) is 16.8. The van der Waals surface area contributed by atoms with E-state index in [1.807, 2.05) is 18.2 Å². The molecule has 2 aromatic carbocycles. The number of anilines is 1. The third kappa shape index (κ3) is 5.31. The molecule has 0 heterocycles. The monoisotopic (exact) mass is 400 g/mol. The molecule has 0 unspecified atom stereocenters. The summed E-state index contributed by atoms with van der Waals surface area (Å²) in [4.78, 5) is 35.4. The van der Waals surface area contributed by atoms with Gasteiger partial charge in [-0.2, -0.15) is 0 Å². The summed E-state index contributed by atoms with van der Waals surface area (Å²) < 4.78 is 10.3. The number of esters is 1. The van der Waals surface area contributed by atoms with Gasteiger partial charge in [0.1, 0.15) is 11.3 Å². The Kier molecular flexibility index (Phi) is 7.30. The molecule has 1 amide bonds. The number of nitro groups is 1. The van der Waals surface area contributed by atoms with Gasteiger partial charge in [-0.1, -0.05) is 32.0 Å². The lowest BCUT2D eigenvalue weighted by Gasteiger charge is -2.18. The quantitative estimate of drug-likeness (QED) is 0.402. The van der Waals surface area contributed by atoms with Crippen molar-refractivity contribution in [3.8, 4) is 5.75 Å². The molecule has 0 aromatic heterocycles. The van der Waals surface area contributed by atoms with Crippen LogP contribution in [-0.2, 0) is 9.53 Å². The number of hydrogen-bond donors (Lipinski definition) is 1. The van der Waals surface area contributed by atoms with Crippen LogP contribution in [0.4, 0.5) is 11.4 Å². The van der Waals surface area contributed by atoms with E-state index >= 15 is 0 Å². The van der Waals surface area contributed by atoms with E-state index in [9.17, 15) is 19.7 Å². The highest BCUT2D eigenvalue weighted by Crippen LogP contribution is 2.27. The van der Waals surface area contributed by atoms with Gasteiger partial charge in [-0.05, 0) is 37.0 Å². The third-order valence-electron chi connectivity index (χ3n) is 4.63. The van der Waals surface area contributed by atoms with Crippen LogP contribution in [0.3, 0.4) is 0 Å². The zero-order chi connectivity index (χ0) is 21.6. The average molecular weight is 400 g/mol. The van der Waals surface area contributed by atoms with Crippen molar-refractivity contribution in [2.75, 3.05) is 12.4 Å². The van der Waals surface area contributed by atoms with Gasteiger partial charge in [0, 0.05) is 17.8 Å². The van der Waals surface area contributed by atoms with Gasteiger partial charge in [0.2, 0.25) is 0 Å². The Balaban J connectivity index is 2.15. The van der Waals surface area contributed by atoms with E-state index in [4.69, 9.17) is 9.47 Å². The van der Waals surface area contributed by atoms with E-state index in [1.165, 1.54) is 26.2 Å². The lowest BCUT2D eigenvalue weighted by atomic mass is 9.97. The summed E-state index contributed by atoms with van der Waals surface area (Å²) >= 11 is 0. The van der Waals surface area contributed by atoms with E-state index in [-0.39, 0.29) is 22.9 Å². The first kappa shape index (κ1) is 21.9. The fourth-order valence-corrected chi connectivity index (χ4v) is 2.74. The SMILES string of the molecule is CC[C@@H](C)c1ccccc1NC(=O)[C@H](C)OC(=O)c1cc([N+](=O)[O-])ccc1OC. The van der Waals surface area contributed by atoms with Gasteiger partial charge in [-0.3, -0.25) is 14.9 Å². The first-order valence-electron chi connectivity index (χ1n) is 9.21. The molecule has 154 valence electrons. The minimum absolute atomic E-state index is 0.121. The lowest BCUT2D eigenvalue weighted by molar-refractivity contribution is -0.384. The Hall–Kier alpha value is -3.42. The second-order valence-corrected chi connectivity index (χ2v) is 6.58. The Morgan fingerprint density at radius 3 is 2.48 bits per heavy atom. The van der Waals surface area contributed by atoms with Crippen LogP contribution in [0, 0.1) is 10.1 Å². The molecule has 0 fully saturated rings. The number of nitro benzene ring substituents is 1. The fraction of sp³-hybridized carbons (Fsp3) is 0.333. The normalized spacial score (nSPS) is 12.6. The predicted molar refractivity (Wildman–Crippen MR) is 108 cm³/mol. The van der Waals surface area contributed by atoms with E-state index in [0.717, 1.165) is 18.1 Å². The van der Waals surface area contributed by atoms with E-state index < -0.39 is 22.9 Å². The summed E-state index contributed by atoms with van der Waals surface area (Å²) in [7, 11) is 1.33. The molecule has 8 nitrogen and oxygen atoms in total. The average Bonchev–Trinajstić information content (AvgIpc) is 2.72. The number of carbonyl (C=O) groups excluding carboxylic acids is 2. The van der Waals surface area contributed by atoms with Gasteiger partial charge in [0.25, 0.3) is 11.6 Å². The van der Waals surface area contributed by atoms with Crippen molar-refractivity contribution in [2.24, 2.45) is 0 Å². The summed E-state index contributed by atoms with van der Waals surface area (Å²) in [5.74, 6) is -1.02. The van der Waals surface area contributed by atoms with Crippen LogP contribution >= 0.6 is 0 Å². The molecule has 0 aliphatic rings. The van der Waals surface area contributed by atoms with Crippen LogP contribution in [0.2, 0.25) is 0 Å². The van der Waals surface area contributed by atoms with Crippen molar-refractivity contribution < 1.29 is 24.0 Å². The van der Waals surface area contributed by atoms with E-state index in [2.05, 4.69) is 19.2 Å². The number of rotatable bonds is 8. The number of hydrogen-bond acceptors (Lipinski definition) is 6. The minimum atomic E-state index is -1.11. The second kappa shape index (κ2) is 9.68. The first-order valence-corrected chi connectivity index (χ1v) is 9.21. The van der Waals surface area contributed by atoms with Crippen LogP contribution in [0.1, 0.15) is 49.0 Å². The van der Waals surface area contributed by atoms with Gasteiger partial charge >= 0.3 is 5.97 Å². The van der Waals surface area contributed by atoms with Crippen molar-refractivity contribution in [1.82, 2.24) is 0 Å². The first-order chi connectivity index (χ1) is 13.8. The largest absolute Gasteiger partial charge is 0.496 e. The maximum absolute atomic E-state index is 12.5. The number of amides is 1. The van der Waals surface area contributed by atoms with Crippen LogP contribution in [0.25, 0.3) is 0 Å². The molecule has 0 aliphatic heterocycles. The van der Waals surface area contributed by atoms with Gasteiger partial charge in [-0.25, -0.2) is 4.79 Å². The highest BCUT2D eigenvalue weighted by molar-refractivity contribution is 5.99. The highest BCUT2D eigenvalue weighted by Gasteiger charge is 2.24. The number of non-ortho nitro benzene ring substituents is 1. The molecule has 0 spiro atoms. The van der Waals surface area contributed by atoms with Crippen molar-refractivity contribution in [2.45, 2.75) is 39.2 Å². The summed E-state index contributed by atoms with van der Waals surface area (Å²) in [5.41, 5.74) is 1.24. The summed E-state index contributed by atoms with van der Waals surface area (Å²) in [6.45, 7) is 5.55. The van der Waals surface area contributed by atoms with Crippen LogP contribution in [0.15, 0.2) is 42.5 Å². The Morgan fingerprint density at radius 2 is 1.86 bits per heavy atom. The molecular weight excluding hydrogens is 376 g/mol. The molecule has 2 aromatic rings. The van der Waals surface area contributed by atoms with Crippen molar-refractivity contribution in [3.63, 3.8) is 0 Å². The summed E-state index contributed by atoms with van der Waals surface area (Å²) in [6.07, 6.45) is -0.208.